The molecule has 3 rings (SSSR count). The van der Waals surface area contributed by atoms with Gasteiger partial charge in [-0.1, -0.05) is 0 Å². The van der Waals surface area contributed by atoms with Gasteiger partial charge < -0.3 is 10.2 Å². The first kappa shape index (κ1) is 11.4. The van der Waals surface area contributed by atoms with Crippen molar-refractivity contribution in [2.24, 2.45) is 5.92 Å². The van der Waals surface area contributed by atoms with Crippen LogP contribution in [0.25, 0.3) is 0 Å². The molecule has 0 atom stereocenters. The molecule has 1 aromatic heterocycles. The van der Waals surface area contributed by atoms with E-state index in [1.807, 2.05) is 4.90 Å². The number of amides is 1. The average molecular weight is 246 g/mol. The minimum absolute atomic E-state index is 0.0413. The van der Waals surface area contributed by atoms with Gasteiger partial charge in [-0.25, -0.2) is 9.97 Å². The lowest BCUT2D eigenvalue weighted by atomic mass is 10.3. The highest BCUT2D eigenvalue weighted by Crippen LogP contribution is 2.35. The molecule has 0 unspecified atom stereocenters. The molecule has 2 aliphatic rings. The zero-order valence-corrected chi connectivity index (χ0v) is 10.6. The zero-order valence-electron chi connectivity index (χ0n) is 10.6. The van der Waals surface area contributed by atoms with Gasteiger partial charge in [0.1, 0.15) is 11.5 Å². The molecule has 5 nitrogen and oxygen atoms in total. The molecular formula is C13H18N4O. The van der Waals surface area contributed by atoms with Crippen molar-refractivity contribution in [2.45, 2.75) is 31.7 Å². The quantitative estimate of drug-likeness (QED) is 0.856. The van der Waals surface area contributed by atoms with Crippen molar-refractivity contribution in [2.75, 3.05) is 18.9 Å². The van der Waals surface area contributed by atoms with Crippen LogP contribution < -0.4 is 5.32 Å². The lowest BCUT2D eigenvalue weighted by molar-refractivity contribution is 0.0728. The summed E-state index contributed by atoms with van der Waals surface area (Å²) in [7, 11) is 1.79. The molecule has 0 bridgehead atoms. The molecule has 0 radical (unpaired) electrons. The van der Waals surface area contributed by atoms with Gasteiger partial charge in [0, 0.05) is 19.6 Å². The molecule has 0 spiro atoms. The van der Waals surface area contributed by atoms with Crippen molar-refractivity contribution in [1.29, 1.82) is 0 Å². The fourth-order valence-corrected chi connectivity index (χ4v) is 2.08. The van der Waals surface area contributed by atoms with Gasteiger partial charge in [0.15, 0.2) is 0 Å². The second kappa shape index (κ2) is 4.55. The van der Waals surface area contributed by atoms with E-state index in [1.54, 1.807) is 19.4 Å². The van der Waals surface area contributed by atoms with E-state index in [-0.39, 0.29) is 5.91 Å². The van der Waals surface area contributed by atoms with Crippen molar-refractivity contribution < 1.29 is 4.79 Å². The van der Waals surface area contributed by atoms with Gasteiger partial charge in [0.2, 0.25) is 0 Å². The van der Waals surface area contributed by atoms with Crippen molar-refractivity contribution >= 4 is 11.7 Å². The zero-order chi connectivity index (χ0) is 12.5. The second-order valence-electron chi connectivity index (χ2n) is 5.17. The van der Waals surface area contributed by atoms with Crippen molar-refractivity contribution in [1.82, 2.24) is 14.9 Å². The summed E-state index contributed by atoms with van der Waals surface area (Å²) >= 11 is 0. The predicted octanol–water partition coefficient (Wildman–Crippen LogP) is 1.53. The number of carbonyl (C=O) groups excluding carboxylic acids is 1. The van der Waals surface area contributed by atoms with E-state index in [2.05, 4.69) is 15.3 Å². The summed E-state index contributed by atoms with van der Waals surface area (Å²) in [5.41, 5.74) is 0.460. The number of carbonyl (C=O) groups is 1. The molecule has 2 saturated carbocycles. The molecule has 0 saturated heterocycles. The molecule has 1 aromatic rings. The van der Waals surface area contributed by atoms with Gasteiger partial charge >= 0.3 is 0 Å². The highest BCUT2D eigenvalue weighted by Gasteiger charge is 2.37. The molecule has 2 aliphatic carbocycles. The van der Waals surface area contributed by atoms with E-state index in [0.717, 1.165) is 25.3 Å². The van der Waals surface area contributed by atoms with Gasteiger partial charge in [0.25, 0.3) is 5.91 Å². The molecule has 1 heterocycles. The van der Waals surface area contributed by atoms with E-state index in [1.165, 1.54) is 12.8 Å². The molecular weight excluding hydrogens is 228 g/mol. The number of hydrogen-bond acceptors (Lipinski definition) is 4. The Balaban J connectivity index is 1.73. The van der Waals surface area contributed by atoms with Gasteiger partial charge in [-0.15, -0.1) is 0 Å². The summed E-state index contributed by atoms with van der Waals surface area (Å²) in [5, 5.41) is 2.90. The molecule has 18 heavy (non-hydrogen) atoms. The first-order chi connectivity index (χ1) is 8.78. The van der Waals surface area contributed by atoms with E-state index in [4.69, 9.17) is 0 Å². The molecule has 5 heteroatoms. The van der Waals surface area contributed by atoms with Crippen LogP contribution in [0.4, 0.5) is 5.82 Å². The van der Waals surface area contributed by atoms with Crippen LogP contribution in [0.15, 0.2) is 12.4 Å². The molecule has 96 valence electrons. The Kier molecular flexibility index (Phi) is 2.89. The highest BCUT2D eigenvalue weighted by atomic mass is 16.2. The van der Waals surface area contributed by atoms with E-state index < -0.39 is 0 Å². The largest absolute Gasteiger partial charge is 0.372 e. The summed E-state index contributed by atoms with van der Waals surface area (Å²) < 4.78 is 0. The third-order valence-corrected chi connectivity index (χ3v) is 3.53. The maximum absolute atomic E-state index is 12.4. The Morgan fingerprint density at radius 2 is 2.11 bits per heavy atom. The third kappa shape index (κ3) is 2.44. The van der Waals surface area contributed by atoms with Gasteiger partial charge in [-0.2, -0.15) is 0 Å². The van der Waals surface area contributed by atoms with Crippen molar-refractivity contribution in [3.8, 4) is 0 Å². The van der Waals surface area contributed by atoms with Crippen LogP contribution in [0.3, 0.4) is 0 Å². The lowest BCUT2D eigenvalue weighted by Gasteiger charge is -2.21. The number of aromatic nitrogens is 2. The van der Waals surface area contributed by atoms with Gasteiger partial charge in [-0.05, 0) is 31.6 Å². The summed E-state index contributed by atoms with van der Waals surface area (Å²) in [5.74, 6) is 1.45. The fourth-order valence-electron chi connectivity index (χ4n) is 2.08. The van der Waals surface area contributed by atoms with Crippen LogP contribution in [0.1, 0.15) is 36.2 Å². The van der Waals surface area contributed by atoms with Gasteiger partial charge in [0.05, 0.1) is 12.4 Å². The minimum atomic E-state index is 0.0413. The van der Waals surface area contributed by atoms with Crippen LogP contribution in [-0.2, 0) is 0 Å². The second-order valence-corrected chi connectivity index (χ2v) is 5.17. The first-order valence-electron chi connectivity index (χ1n) is 6.58. The number of rotatable bonds is 5. The third-order valence-electron chi connectivity index (χ3n) is 3.53. The molecule has 1 amide bonds. The minimum Gasteiger partial charge on any atom is -0.372 e. The van der Waals surface area contributed by atoms with Crippen LogP contribution in [0, 0.1) is 5.92 Å². The van der Waals surface area contributed by atoms with E-state index in [9.17, 15) is 4.79 Å². The maximum Gasteiger partial charge on any atom is 0.274 e. The fraction of sp³-hybridized carbons (Fsp3) is 0.615. The smallest absolute Gasteiger partial charge is 0.274 e. The maximum atomic E-state index is 12.4. The predicted molar refractivity (Wildman–Crippen MR) is 68.4 cm³/mol. The number of nitrogens with zero attached hydrogens (tertiary/aromatic N) is 3. The number of anilines is 1. The topological polar surface area (TPSA) is 58.1 Å². The summed E-state index contributed by atoms with van der Waals surface area (Å²) in [6.45, 7) is 0.902. The Morgan fingerprint density at radius 1 is 1.33 bits per heavy atom. The molecule has 0 aliphatic heterocycles. The average Bonchev–Trinajstić information content (AvgIpc) is 3.28. The Bertz CT molecular complexity index is 437. The molecule has 2 fully saturated rings. The molecule has 1 N–H and O–H groups in total. The Morgan fingerprint density at radius 3 is 2.61 bits per heavy atom. The van der Waals surface area contributed by atoms with Crippen LogP contribution in [-0.4, -0.2) is 40.4 Å². The van der Waals surface area contributed by atoms with Crippen LogP contribution >= 0.6 is 0 Å². The van der Waals surface area contributed by atoms with Crippen molar-refractivity contribution in [3.63, 3.8) is 0 Å². The van der Waals surface area contributed by atoms with E-state index >= 15 is 0 Å². The SMILES string of the molecule is CNc1cnc(C(=O)N(CC2CC2)C2CC2)cn1. The van der Waals surface area contributed by atoms with E-state index in [0.29, 0.717) is 17.6 Å². The molecule has 0 aromatic carbocycles. The van der Waals surface area contributed by atoms with Crippen LogP contribution in [0.2, 0.25) is 0 Å². The monoisotopic (exact) mass is 246 g/mol. The normalized spacial score (nSPS) is 18.5. The lowest BCUT2D eigenvalue weighted by Crippen LogP contribution is -2.35. The summed E-state index contributed by atoms with van der Waals surface area (Å²) in [6, 6.07) is 0.448. The number of hydrogen-bond donors (Lipinski definition) is 1. The standard InChI is InChI=1S/C13H18N4O/c1-14-12-7-15-11(6-16-12)13(18)17(10-4-5-10)8-9-2-3-9/h6-7,9-10H,2-5,8H2,1H3,(H,14,16). The first-order valence-corrected chi connectivity index (χ1v) is 6.58. The van der Waals surface area contributed by atoms with Gasteiger partial charge in [-0.3, -0.25) is 4.79 Å². The van der Waals surface area contributed by atoms with Crippen molar-refractivity contribution in [3.05, 3.63) is 18.1 Å². The Hall–Kier alpha value is -1.65. The Labute approximate surface area is 107 Å². The summed E-state index contributed by atoms with van der Waals surface area (Å²) in [4.78, 5) is 22.7. The summed E-state index contributed by atoms with van der Waals surface area (Å²) in [6.07, 6.45) is 7.98. The van der Waals surface area contributed by atoms with Crippen LogP contribution in [0.5, 0.6) is 0 Å². The highest BCUT2D eigenvalue weighted by molar-refractivity contribution is 5.92. The number of nitrogens with one attached hydrogen (secondary N) is 1.